The summed E-state index contributed by atoms with van der Waals surface area (Å²) in [5.41, 5.74) is 0.748. The van der Waals surface area contributed by atoms with Gasteiger partial charge < -0.3 is 15.7 Å². The normalized spacial score (nSPS) is 11.6. The molecule has 0 spiro atoms. The number of rotatable bonds is 6. The molecule has 1 unspecified atom stereocenters. The Bertz CT molecular complexity index is 395. The molecule has 0 aromatic carbocycles. The summed E-state index contributed by atoms with van der Waals surface area (Å²) in [5, 5.41) is 14.0. The van der Waals surface area contributed by atoms with Gasteiger partial charge >= 0.3 is 12.0 Å². The Morgan fingerprint density at radius 3 is 2.72 bits per heavy atom. The van der Waals surface area contributed by atoms with Crippen LogP contribution < -0.4 is 10.6 Å². The van der Waals surface area contributed by atoms with Crippen LogP contribution in [0.3, 0.4) is 0 Å². The van der Waals surface area contributed by atoms with E-state index in [2.05, 4.69) is 15.6 Å². The molecule has 0 fully saturated rings. The number of carbonyl (C=O) groups is 2. The molecule has 0 bridgehead atoms. The summed E-state index contributed by atoms with van der Waals surface area (Å²) in [5.74, 6) is -1.45. The number of carboxylic acids is 1. The molecule has 0 saturated heterocycles. The summed E-state index contributed by atoms with van der Waals surface area (Å²) in [7, 11) is 0. The number of urea groups is 1. The topological polar surface area (TPSA) is 91.3 Å². The van der Waals surface area contributed by atoms with Crippen molar-refractivity contribution in [3.8, 4) is 0 Å². The van der Waals surface area contributed by atoms with E-state index in [0.29, 0.717) is 13.0 Å². The van der Waals surface area contributed by atoms with Crippen molar-refractivity contribution in [1.82, 2.24) is 15.6 Å². The molecule has 1 atom stereocenters. The maximum absolute atomic E-state index is 11.4. The Labute approximate surface area is 105 Å². The third-order valence-corrected chi connectivity index (χ3v) is 2.51. The van der Waals surface area contributed by atoms with E-state index in [9.17, 15) is 9.59 Å². The fourth-order valence-electron chi connectivity index (χ4n) is 1.36. The number of carboxylic acid groups (broad SMARTS) is 1. The first-order chi connectivity index (χ1) is 8.63. The van der Waals surface area contributed by atoms with E-state index < -0.39 is 11.9 Å². The van der Waals surface area contributed by atoms with Crippen molar-refractivity contribution in [3.05, 3.63) is 30.1 Å². The zero-order chi connectivity index (χ0) is 13.4. The third-order valence-electron chi connectivity index (χ3n) is 2.51. The SMILES string of the molecule is CCC(CNC(=O)NCc1ccccn1)C(=O)O. The lowest BCUT2D eigenvalue weighted by molar-refractivity contribution is -0.141. The number of hydrogen-bond acceptors (Lipinski definition) is 3. The predicted octanol–water partition coefficient (Wildman–Crippen LogP) is 0.992. The minimum atomic E-state index is -0.900. The molecular formula is C12H17N3O3. The monoisotopic (exact) mass is 251 g/mol. The molecule has 98 valence electrons. The molecule has 2 amide bonds. The molecule has 6 heteroatoms. The molecule has 0 saturated carbocycles. The lowest BCUT2D eigenvalue weighted by atomic mass is 10.1. The zero-order valence-corrected chi connectivity index (χ0v) is 10.2. The molecule has 0 aliphatic rings. The number of pyridine rings is 1. The van der Waals surface area contributed by atoms with Gasteiger partial charge in [0.05, 0.1) is 18.2 Å². The molecule has 1 aromatic heterocycles. The Morgan fingerprint density at radius 1 is 1.39 bits per heavy atom. The van der Waals surface area contributed by atoms with Gasteiger partial charge in [0.15, 0.2) is 0 Å². The summed E-state index contributed by atoms with van der Waals surface area (Å²) in [6.07, 6.45) is 2.13. The largest absolute Gasteiger partial charge is 0.481 e. The van der Waals surface area contributed by atoms with Crippen molar-refractivity contribution in [2.75, 3.05) is 6.54 Å². The molecular weight excluding hydrogens is 234 g/mol. The third kappa shape index (κ3) is 4.82. The quantitative estimate of drug-likeness (QED) is 0.703. The van der Waals surface area contributed by atoms with E-state index in [0.717, 1.165) is 5.69 Å². The molecule has 0 aliphatic carbocycles. The number of amides is 2. The average molecular weight is 251 g/mol. The Balaban J connectivity index is 2.28. The van der Waals surface area contributed by atoms with Crippen LogP contribution in [0.5, 0.6) is 0 Å². The summed E-state index contributed by atoms with van der Waals surface area (Å²) in [4.78, 5) is 26.2. The predicted molar refractivity (Wildman–Crippen MR) is 65.9 cm³/mol. The standard InChI is InChI=1S/C12H17N3O3/c1-2-9(11(16)17)7-14-12(18)15-8-10-5-3-4-6-13-10/h3-6,9H,2,7-8H2,1H3,(H,16,17)(H2,14,15,18). The number of nitrogens with one attached hydrogen (secondary N) is 2. The van der Waals surface area contributed by atoms with Gasteiger partial charge in [-0.05, 0) is 18.6 Å². The molecule has 6 nitrogen and oxygen atoms in total. The van der Waals surface area contributed by atoms with Crippen LogP contribution in [-0.4, -0.2) is 28.6 Å². The highest BCUT2D eigenvalue weighted by Crippen LogP contribution is 2.00. The van der Waals surface area contributed by atoms with Gasteiger partial charge in [0.1, 0.15) is 0 Å². The van der Waals surface area contributed by atoms with Crippen LogP contribution in [-0.2, 0) is 11.3 Å². The molecule has 0 radical (unpaired) electrons. The van der Waals surface area contributed by atoms with Crippen molar-refractivity contribution in [3.63, 3.8) is 0 Å². The van der Waals surface area contributed by atoms with Crippen molar-refractivity contribution in [1.29, 1.82) is 0 Å². The van der Waals surface area contributed by atoms with E-state index in [-0.39, 0.29) is 12.6 Å². The fraction of sp³-hybridized carbons (Fsp3) is 0.417. The van der Waals surface area contributed by atoms with E-state index in [4.69, 9.17) is 5.11 Å². The van der Waals surface area contributed by atoms with Crippen molar-refractivity contribution in [2.24, 2.45) is 5.92 Å². The average Bonchev–Trinajstić information content (AvgIpc) is 2.38. The maximum atomic E-state index is 11.4. The second kappa shape index (κ2) is 7.26. The number of hydrogen-bond donors (Lipinski definition) is 3. The summed E-state index contributed by atoms with van der Waals surface area (Å²) < 4.78 is 0. The van der Waals surface area contributed by atoms with Gasteiger partial charge in [-0.15, -0.1) is 0 Å². The smallest absolute Gasteiger partial charge is 0.315 e. The molecule has 1 aromatic rings. The van der Waals surface area contributed by atoms with Crippen LogP contribution in [0.15, 0.2) is 24.4 Å². The molecule has 1 rings (SSSR count). The van der Waals surface area contributed by atoms with Gasteiger partial charge in [-0.1, -0.05) is 13.0 Å². The molecule has 18 heavy (non-hydrogen) atoms. The number of aliphatic carboxylic acids is 1. The Morgan fingerprint density at radius 2 is 2.17 bits per heavy atom. The van der Waals surface area contributed by atoms with Crippen LogP contribution in [0, 0.1) is 5.92 Å². The Hall–Kier alpha value is -2.11. The van der Waals surface area contributed by atoms with Crippen LogP contribution >= 0.6 is 0 Å². The van der Waals surface area contributed by atoms with Crippen molar-refractivity contribution >= 4 is 12.0 Å². The van der Waals surface area contributed by atoms with Gasteiger partial charge in [-0.2, -0.15) is 0 Å². The van der Waals surface area contributed by atoms with Gasteiger partial charge in [-0.3, -0.25) is 9.78 Å². The van der Waals surface area contributed by atoms with E-state index in [1.54, 1.807) is 25.3 Å². The van der Waals surface area contributed by atoms with E-state index in [1.807, 2.05) is 6.07 Å². The Kier molecular flexibility index (Phi) is 5.63. The van der Waals surface area contributed by atoms with Gasteiger partial charge in [0.2, 0.25) is 0 Å². The maximum Gasteiger partial charge on any atom is 0.315 e. The second-order valence-corrected chi connectivity index (χ2v) is 3.83. The second-order valence-electron chi connectivity index (χ2n) is 3.83. The lowest BCUT2D eigenvalue weighted by Crippen LogP contribution is -2.39. The summed E-state index contributed by atoms with van der Waals surface area (Å²) in [6, 6.07) is 5.04. The number of carbonyl (C=O) groups excluding carboxylic acids is 1. The first-order valence-electron chi connectivity index (χ1n) is 5.78. The minimum absolute atomic E-state index is 0.125. The first-order valence-corrected chi connectivity index (χ1v) is 5.78. The summed E-state index contributed by atoms with van der Waals surface area (Å²) in [6.45, 7) is 2.21. The highest BCUT2D eigenvalue weighted by atomic mass is 16.4. The zero-order valence-electron chi connectivity index (χ0n) is 10.2. The highest BCUT2D eigenvalue weighted by molar-refractivity contribution is 5.75. The van der Waals surface area contributed by atoms with Crippen molar-refractivity contribution in [2.45, 2.75) is 19.9 Å². The van der Waals surface area contributed by atoms with Crippen molar-refractivity contribution < 1.29 is 14.7 Å². The van der Waals surface area contributed by atoms with E-state index in [1.165, 1.54) is 0 Å². The number of aromatic nitrogens is 1. The highest BCUT2D eigenvalue weighted by Gasteiger charge is 2.15. The minimum Gasteiger partial charge on any atom is -0.481 e. The van der Waals surface area contributed by atoms with E-state index >= 15 is 0 Å². The molecule has 0 aliphatic heterocycles. The number of nitrogens with zero attached hydrogens (tertiary/aromatic N) is 1. The van der Waals surface area contributed by atoms with Gasteiger partial charge in [-0.25, -0.2) is 4.79 Å². The molecule has 1 heterocycles. The van der Waals surface area contributed by atoms with Crippen LogP contribution in [0.4, 0.5) is 4.79 Å². The molecule has 3 N–H and O–H groups in total. The fourth-order valence-corrected chi connectivity index (χ4v) is 1.36. The van der Waals surface area contributed by atoms with Crippen LogP contribution in [0.1, 0.15) is 19.0 Å². The summed E-state index contributed by atoms with van der Waals surface area (Å²) >= 11 is 0. The van der Waals surface area contributed by atoms with Gasteiger partial charge in [0.25, 0.3) is 0 Å². The van der Waals surface area contributed by atoms with Crippen LogP contribution in [0.25, 0.3) is 0 Å². The van der Waals surface area contributed by atoms with Crippen LogP contribution in [0.2, 0.25) is 0 Å². The van der Waals surface area contributed by atoms with Gasteiger partial charge in [0, 0.05) is 12.7 Å². The lowest BCUT2D eigenvalue weighted by Gasteiger charge is -2.11. The first kappa shape index (κ1) is 14.0.